The molecule has 9 heteroatoms. The number of likely N-dealkylation sites (tertiary alicyclic amines) is 1. The van der Waals surface area contributed by atoms with E-state index in [0.29, 0.717) is 0 Å². The topological polar surface area (TPSA) is 78.9 Å². The maximum absolute atomic E-state index is 12.7. The molecule has 0 aromatic heterocycles. The number of esters is 1. The van der Waals surface area contributed by atoms with E-state index in [4.69, 9.17) is 0 Å². The second kappa shape index (κ2) is 6.45. The zero-order valence-corrected chi connectivity index (χ0v) is 12.1. The molecule has 2 atom stereocenters. The van der Waals surface area contributed by atoms with Crippen molar-refractivity contribution < 1.29 is 32.6 Å². The molecule has 0 bridgehead atoms. The molecule has 6 nitrogen and oxygen atoms in total. The Bertz CT molecular complexity index is 606. The van der Waals surface area contributed by atoms with Crippen LogP contribution in [0.15, 0.2) is 24.3 Å². The summed E-state index contributed by atoms with van der Waals surface area (Å²) in [4.78, 5) is 24.8. The van der Waals surface area contributed by atoms with Crippen molar-refractivity contribution in [2.24, 2.45) is 0 Å². The van der Waals surface area contributed by atoms with E-state index in [0.717, 1.165) is 30.2 Å². The highest BCUT2D eigenvalue weighted by Gasteiger charge is 2.40. The van der Waals surface area contributed by atoms with Crippen LogP contribution < -0.4 is 5.32 Å². The van der Waals surface area contributed by atoms with Crippen LogP contribution >= 0.6 is 0 Å². The first-order valence-electron chi connectivity index (χ1n) is 6.73. The number of methoxy groups -OCH3 is 1. The summed E-state index contributed by atoms with van der Waals surface area (Å²) in [6.45, 7) is -0.107. The van der Waals surface area contributed by atoms with E-state index in [1.54, 1.807) is 0 Å². The van der Waals surface area contributed by atoms with Crippen LogP contribution in [-0.4, -0.2) is 47.8 Å². The molecule has 2 rings (SSSR count). The van der Waals surface area contributed by atoms with Crippen LogP contribution in [0.3, 0.4) is 0 Å². The van der Waals surface area contributed by atoms with Crippen molar-refractivity contribution in [3.63, 3.8) is 0 Å². The molecule has 1 aromatic carbocycles. The maximum Gasteiger partial charge on any atom is 0.416 e. The predicted molar refractivity (Wildman–Crippen MR) is 73.6 cm³/mol. The number of carbonyl (C=O) groups is 2. The number of rotatable bonds is 2. The molecule has 0 aliphatic carbocycles. The van der Waals surface area contributed by atoms with Gasteiger partial charge in [-0.25, -0.2) is 9.59 Å². The van der Waals surface area contributed by atoms with Gasteiger partial charge in [-0.2, -0.15) is 13.2 Å². The largest absolute Gasteiger partial charge is 0.467 e. The minimum atomic E-state index is -4.53. The Kier molecular flexibility index (Phi) is 4.79. The summed E-state index contributed by atoms with van der Waals surface area (Å²) in [6.07, 6.45) is -5.41. The average Bonchev–Trinajstić information content (AvgIpc) is 2.88. The number of hydrogen-bond acceptors (Lipinski definition) is 4. The number of alkyl halides is 3. The second-order valence-corrected chi connectivity index (χ2v) is 5.09. The van der Waals surface area contributed by atoms with Crippen molar-refractivity contribution in [1.29, 1.82) is 0 Å². The Labute approximate surface area is 129 Å². The van der Waals surface area contributed by atoms with E-state index in [1.807, 2.05) is 0 Å². The number of urea groups is 1. The summed E-state index contributed by atoms with van der Waals surface area (Å²) in [5, 5.41) is 11.9. The molecule has 0 saturated carbocycles. The molecule has 0 unspecified atom stereocenters. The number of aliphatic hydroxyl groups is 1. The number of aliphatic hydroxyl groups excluding tert-OH is 1. The van der Waals surface area contributed by atoms with Crippen LogP contribution in [-0.2, 0) is 15.7 Å². The third-order valence-corrected chi connectivity index (χ3v) is 3.45. The van der Waals surface area contributed by atoms with Crippen LogP contribution in [0.4, 0.5) is 23.7 Å². The number of benzene rings is 1. The normalized spacial score (nSPS) is 21.2. The lowest BCUT2D eigenvalue weighted by Gasteiger charge is -2.22. The first kappa shape index (κ1) is 17.1. The van der Waals surface area contributed by atoms with Gasteiger partial charge in [0.1, 0.15) is 6.04 Å². The smallest absolute Gasteiger partial charge is 0.416 e. The molecule has 1 aliphatic rings. The quantitative estimate of drug-likeness (QED) is 0.810. The van der Waals surface area contributed by atoms with Crippen LogP contribution in [0.5, 0.6) is 0 Å². The number of anilines is 1. The van der Waals surface area contributed by atoms with E-state index in [1.165, 1.54) is 6.07 Å². The molecule has 1 aliphatic heterocycles. The predicted octanol–water partition coefficient (Wildman–Crippen LogP) is 1.85. The summed E-state index contributed by atoms with van der Waals surface area (Å²) < 4.78 is 42.5. The summed E-state index contributed by atoms with van der Waals surface area (Å²) in [5.74, 6) is -0.694. The highest BCUT2D eigenvalue weighted by molar-refractivity contribution is 5.93. The lowest BCUT2D eigenvalue weighted by molar-refractivity contribution is -0.145. The Hall–Kier alpha value is -2.29. The number of nitrogens with one attached hydrogen (secondary N) is 1. The molecule has 1 fully saturated rings. The zero-order valence-electron chi connectivity index (χ0n) is 12.1. The van der Waals surface area contributed by atoms with Crippen molar-refractivity contribution in [3.8, 4) is 0 Å². The first-order valence-corrected chi connectivity index (χ1v) is 6.73. The van der Waals surface area contributed by atoms with Crippen molar-refractivity contribution in [2.75, 3.05) is 19.0 Å². The van der Waals surface area contributed by atoms with Gasteiger partial charge in [-0.15, -0.1) is 0 Å². The zero-order chi connectivity index (χ0) is 17.2. The van der Waals surface area contributed by atoms with Crippen molar-refractivity contribution in [1.82, 2.24) is 4.90 Å². The third-order valence-electron chi connectivity index (χ3n) is 3.45. The molecule has 126 valence electrons. The van der Waals surface area contributed by atoms with Gasteiger partial charge in [-0.1, -0.05) is 6.07 Å². The lowest BCUT2D eigenvalue weighted by atomic mass is 10.2. The molecular weight excluding hydrogens is 317 g/mol. The van der Waals surface area contributed by atoms with Crippen LogP contribution in [0.25, 0.3) is 0 Å². The van der Waals surface area contributed by atoms with Crippen molar-refractivity contribution in [3.05, 3.63) is 29.8 Å². The molecule has 0 spiro atoms. The van der Waals surface area contributed by atoms with Crippen molar-refractivity contribution in [2.45, 2.75) is 24.7 Å². The van der Waals surface area contributed by atoms with Gasteiger partial charge in [0, 0.05) is 18.7 Å². The molecule has 23 heavy (non-hydrogen) atoms. The van der Waals surface area contributed by atoms with Crippen LogP contribution in [0.1, 0.15) is 12.0 Å². The monoisotopic (exact) mass is 332 g/mol. The standard InChI is InChI=1S/C14H15F3N2O4/c1-23-12(21)11-6-10(20)7-19(11)13(22)18-9-4-2-3-8(5-9)14(15,16)17/h2-5,10-11,20H,6-7H2,1H3,(H,18,22)/t10-,11+/m0/s1. The first-order chi connectivity index (χ1) is 10.7. The highest BCUT2D eigenvalue weighted by Crippen LogP contribution is 2.31. The van der Waals surface area contributed by atoms with E-state index in [2.05, 4.69) is 10.1 Å². The van der Waals surface area contributed by atoms with Gasteiger partial charge < -0.3 is 20.1 Å². The fourth-order valence-electron chi connectivity index (χ4n) is 2.37. The summed E-state index contributed by atoms with van der Waals surface area (Å²) in [6, 6.07) is 2.38. The fourth-order valence-corrected chi connectivity index (χ4v) is 2.37. The highest BCUT2D eigenvalue weighted by atomic mass is 19.4. The van der Waals surface area contributed by atoms with Gasteiger partial charge in [-0.3, -0.25) is 0 Å². The Morgan fingerprint density at radius 2 is 2.09 bits per heavy atom. The molecule has 1 saturated heterocycles. The third kappa shape index (κ3) is 3.92. The minimum Gasteiger partial charge on any atom is -0.467 e. The van der Waals surface area contributed by atoms with Crippen molar-refractivity contribution >= 4 is 17.7 Å². The number of hydrogen-bond donors (Lipinski definition) is 2. The summed E-state index contributed by atoms with van der Waals surface area (Å²) in [7, 11) is 1.15. The molecule has 1 heterocycles. The number of halogens is 3. The van der Waals surface area contributed by atoms with E-state index in [9.17, 15) is 27.9 Å². The summed E-state index contributed by atoms with van der Waals surface area (Å²) in [5.41, 5.74) is -0.962. The van der Waals surface area contributed by atoms with E-state index < -0.39 is 35.9 Å². The van der Waals surface area contributed by atoms with Gasteiger partial charge in [-0.05, 0) is 18.2 Å². The molecule has 0 radical (unpaired) electrons. The fraction of sp³-hybridized carbons (Fsp3) is 0.429. The van der Waals surface area contributed by atoms with Gasteiger partial charge in [0.15, 0.2) is 0 Å². The van der Waals surface area contributed by atoms with Gasteiger partial charge in [0.2, 0.25) is 0 Å². The molecular formula is C14H15F3N2O4. The number of amides is 2. The Morgan fingerprint density at radius 3 is 2.70 bits per heavy atom. The van der Waals surface area contributed by atoms with E-state index in [-0.39, 0.29) is 18.7 Å². The Balaban J connectivity index is 2.14. The average molecular weight is 332 g/mol. The van der Waals surface area contributed by atoms with Gasteiger partial charge in [0.05, 0.1) is 18.8 Å². The molecule has 1 aromatic rings. The number of nitrogens with zero attached hydrogens (tertiary/aromatic N) is 1. The summed E-state index contributed by atoms with van der Waals surface area (Å²) >= 11 is 0. The van der Waals surface area contributed by atoms with Crippen LogP contribution in [0, 0.1) is 0 Å². The SMILES string of the molecule is COC(=O)[C@H]1C[C@H](O)CN1C(=O)Nc1cccc(C(F)(F)F)c1. The van der Waals surface area contributed by atoms with Crippen LogP contribution in [0.2, 0.25) is 0 Å². The molecule has 2 amide bonds. The molecule has 2 N–H and O–H groups in total. The van der Waals surface area contributed by atoms with Gasteiger partial charge >= 0.3 is 18.2 Å². The maximum atomic E-state index is 12.7. The number of ether oxygens (including phenoxy) is 1. The number of β-amino-alcohol motifs (C(OH)–C–C–N with tert-alkyl or cyclic N) is 1. The van der Waals surface area contributed by atoms with Gasteiger partial charge in [0.25, 0.3) is 0 Å². The number of carbonyl (C=O) groups excluding carboxylic acids is 2. The van der Waals surface area contributed by atoms with E-state index >= 15 is 0 Å². The minimum absolute atomic E-state index is 0.0166. The second-order valence-electron chi connectivity index (χ2n) is 5.09. The Morgan fingerprint density at radius 1 is 1.39 bits per heavy atom. The lowest BCUT2D eigenvalue weighted by Crippen LogP contribution is -2.43.